The molecule has 166 valence electrons. The molecule has 0 spiro atoms. The van der Waals surface area contributed by atoms with Gasteiger partial charge in [-0.3, -0.25) is 10.1 Å². The summed E-state index contributed by atoms with van der Waals surface area (Å²) in [6.07, 6.45) is -0.595. The number of aromatic nitrogens is 1. The normalized spacial score (nSPS) is 10.9. The van der Waals surface area contributed by atoms with E-state index in [1.807, 2.05) is 24.4 Å². The maximum absolute atomic E-state index is 12.5. The van der Waals surface area contributed by atoms with Crippen molar-refractivity contribution in [2.75, 3.05) is 37.6 Å². The van der Waals surface area contributed by atoms with Gasteiger partial charge in [-0.25, -0.2) is 9.78 Å². The van der Waals surface area contributed by atoms with Gasteiger partial charge in [0.15, 0.2) is 6.61 Å². The Bertz CT molecular complexity index is 1270. The second-order valence-corrected chi connectivity index (χ2v) is 8.94. The number of benzene rings is 2. The Kier molecular flexibility index (Phi) is 6.84. The molecule has 0 aliphatic heterocycles. The van der Waals surface area contributed by atoms with Crippen LogP contribution in [-0.2, 0) is 14.3 Å². The number of carbonyl (C=O) groups is 2. The maximum atomic E-state index is 12.5. The molecule has 2 amide bonds. The fraction of sp³-hybridized carbons (Fsp3) is 0.227. The molecular formula is C22H21N3O5S2. The molecule has 0 radical (unpaired) electrons. The summed E-state index contributed by atoms with van der Waals surface area (Å²) in [4.78, 5) is 28.8. The fourth-order valence-corrected chi connectivity index (χ4v) is 4.93. The van der Waals surface area contributed by atoms with Crippen LogP contribution in [0.5, 0.6) is 5.75 Å². The van der Waals surface area contributed by atoms with Crippen molar-refractivity contribution in [3.05, 3.63) is 46.8 Å². The molecule has 0 aliphatic carbocycles. The SMILES string of the molecule is COCCOC(=O)Nc1cccc(NC(=O)COc2cc3sc(C)nc3c3sccc23)c1. The van der Waals surface area contributed by atoms with Crippen molar-refractivity contribution < 1.29 is 23.8 Å². The molecule has 8 nitrogen and oxygen atoms in total. The summed E-state index contributed by atoms with van der Waals surface area (Å²) in [6.45, 7) is 2.29. The van der Waals surface area contributed by atoms with E-state index in [0.717, 1.165) is 25.3 Å². The number of anilines is 2. The number of aryl methyl sites for hydroxylation is 1. The number of thiophene rings is 1. The van der Waals surface area contributed by atoms with Crippen molar-refractivity contribution in [1.82, 2.24) is 4.98 Å². The summed E-state index contributed by atoms with van der Waals surface area (Å²) in [5.41, 5.74) is 2.00. The lowest BCUT2D eigenvalue weighted by Crippen LogP contribution is -2.20. The van der Waals surface area contributed by atoms with Crippen molar-refractivity contribution in [3.63, 3.8) is 0 Å². The minimum atomic E-state index is -0.595. The van der Waals surface area contributed by atoms with E-state index in [9.17, 15) is 9.59 Å². The molecule has 2 aromatic carbocycles. The van der Waals surface area contributed by atoms with Crippen LogP contribution in [0.3, 0.4) is 0 Å². The first-order valence-corrected chi connectivity index (χ1v) is 11.5. The number of hydrogen-bond donors (Lipinski definition) is 2. The van der Waals surface area contributed by atoms with Gasteiger partial charge in [-0.15, -0.1) is 22.7 Å². The first kappa shape index (κ1) is 22.0. The zero-order valence-corrected chi connectivity index (χ0v) is 19.1. The number of nitrogens with zero attached hydrogens (tertiary/aromatic N) is 1. The summed E-state index contributed by atoms with van der Waals surface area (Å²) in [5.74, 6) is 0.343. The molecule has 2 heterocycles. The van der Waals surface area contributed by atoms with Crippen LogP contribution in [0.1, 0.15) is 5.01 Å². The van der Waals surface area contributed by atoms with Gasteiger partial charge in [-0.1, -0.05) is 6.07 Å². The zero-order valence-electron chi connectivity index (χ0n) is 17.5. The van der Waals surface area contributed by atoms with Crippen molar-refractivity contribution in [1.29, 1.82) is 0 Å². The molecule has 0 aliphatic rings. The van der Waals surface area contributed by atoms with E-state index in [-0.39, 0.29) is 19.1 Å². The summed E-state index contributed by atoms with van der Waals surface area (Å²) in [6, 6.07) is 10.7. The van der Waals surface area contributed by atoms with Gasteiger partial charge in [0.1, 0.15) is 12.4 Å². The molecule has 4 aromatic rings. The first-order valence-electron chi connectivity index (χ1n) is 9.76. The summed E-state index contributed by atoms with van der Waals surface area (Å²) in [5, 5.41) is 9.30. The number of thiazole rings is 1. The largest absolute Gasteiger partial charge is 0.483 e. The van der Waals surface area contributed by atoms with Crippen LogP contribution in [0.2, 0.25) is 0 Å². The number of nitrogens with one attached hydrogen (secondary N) is 2. The number of fused-ring (bicyclic) bond motifs is 3. The number of hydrogen-bond acceptors (Lipinski definition) is 8. The first-order chi connectivity index (χ1) is 15.5. The topological polar surface area (TPSA) is 98.8 Å². The molecule has 0 saturated heterocycles. The van der Waals surface area contributed by atoms with Crippen LogP contribution in [0.25, 0.3) is 20.3 Å². The Morgan fingerprint density at radius 3 is 2.72 bits per heavy atom. The van der Waals surface area contributed by atoms with Crippen molar-refractivity contribution in [2.45, 2.75) is 6.92 Å². The van der Waals surface area contributed by atoms with Crippen molar-refractivity contribution in [3.8, 4) is 5.75 Å². The molecule has 2 N–H and O–H groups in total. The molecule has 4 rings (SSSR count). The maximum Gasteiger partial charge on any atom is 0.411 e. The third kappa shape index (κ3) is 5.16. The highest BCUT2D eigenvalue weighted by molar-refractivity contribution is 7.21. The number of rotatable bonds is 8. The minimum absolute atomic E-state index is 0.148. The molecule has 10 heteroatoms. The summed E-state index contributed by atoms with van der Waals surface area (Å²) in [7, 11) is 1.53. The predicted octanol–water partition coefficient (Wildman–Crippen LogP) is 5.03. The molecule has 2 aromatic heterocycles. The van der Waals surface area contributed by atoms with E-state index in [2.05, 4.69) is 15.6 Å². The highest BCUT2D eigenvalue weighted by atomic mass is 32.1. The third-order valence-corrected chi connectivity index (χ3v) is 6.28. The Morgan fingerprint density at radius 1 is 1.09 bits per heavy atom. The van der Waals surface area contributed by atoms with Gasteiger partial charge in [-0.2, -0.15) is 0 Å². The Labute approximate surface area is 192 Å². The molecule has 0 unspecified atom stereocenters. The highest BCUT2D eigenvalue weighted by Crippen LogP contribution is 2.38. The van der Waals surface area contributed by atoms with E-state index >= 15 is 0 Å². The standard InChI is InChI=1S/C22H21N3O5S2/c1-13-23-20-18(32-13)11-17(16-6-9-31-21(16)20)30-12-19(26)24-14-4-3-5-15(10-14)25-22(27)29-8-7-28-2/h3-6,9-11H,7-8,12H2,1-2H3,(H,24,26)(H,25,27). The lowest BCUT2D eigenvalue weighted by atomic mass is 10.2. The second kappa shape index (κ2) is 9.94. The van der Waals surface area contributed by atoms with Gasteiger partial charge in [-0.05, 0) is 36.6 Å². The van der Waals surface area contributed by atoms with E-state index in [1.165, 1.54) is 7.11 Å². The number of ether oxygens (including phenoxy) is 3. The lowest BCUT2D eigenvalue weighted by Gasteiger charge is -2.11. The van der Waals surface area contributed by atoms with Crippen LogP contribution < -0.4 is 15.4 Å². The Morgan fingerprint density at radius 2 is 1.91 bits per heavy atom. The van der Waals surface area contributed by atoms with Crippen molar-refractivity contribution >= 4 is 66.4 Å². The van der Waals surface area contributed by atoms with Gasteiger partial charge >= 0.3 is 6.09 Å². The fourth-order valence-electron chi connectivity index (χ4n) is 3.09. The van der Waals surface area contributed by atoms with Gasteiger partial charge in [0.2, 0.25) is 0 Å². The van der Waals surface area contributed by atoms with Crippen LogP contribution in [0, 0.1) is 6.92 Å². The van der Waals surface area contributed by atoms with E-state index in [4.69, 9.17) is 14.2 Å². The summed E-state index contributed by atoms with van der Waals surface area (Å²) >= 11 is 3.20. The monoisotopic (exact) mass is 471 g/mol. The predicted molar refractivity (Wildman–Crippen MR) is 127 cm³/mol. The van der Waals surface area contributed by atoms with E-state index in [0.29, 0.717) is 23.7 Å². The highest BCUT2D eigenvalue weighted by Gasteiger charge is 2.14. The van der Waals surface area contributed by atoms with Crippen LogP contribution in [0.4, 0.5) is 16.2 Å². The summed E-state index contributed by atoms with van der Waals surface area (Å²) < 4.78 is 17.7. The van der Waals surface area contributed by atoms with E-state index in [1.54, 1.807) is 46.9 Å². The second-order valence-electron chi connectivity index (χ2n) is 6.79. The smallest absolute Gasteiger partial charge is 0.411 e. The van der Waals surface area contributed by atoms with Gasteiger partial charge in [0.25, 0.3) is 5.91 Å². The van der Waals surface area contributed by atoms with Crippen LogP contribution >= 0.6 is 22.7 Å². The minimum Gasteiger partial charge on any atom is -0.483 e. The quantitative estimate of drug-likeness (QED) is 0.350. The third-order valence-electron chi connectivity index (χ3n) is 4.44. The number of amides is 2. The molecule has 0 bridgehead atoms. The molecule has 0 atom stereocenters. The number of methoxy groups -OCH3 is 1. The molecule has 0 fully saturated rings. The molecule has 0 saturated carbocycles. The molecular weight excluding hydrogens is 450 g/mol. The zero-order chi connectivity index (χ0) is 22.5. The Balaban J connectivity index is 1.38. The van der Waals surface area contributed by atoms with Gasteiger partial charge < -0.3 is 19.5 Å². The van der Waals surface area contributed by atoms with Crippen LogP contribution in [0.15, 0.2) is 41.8 Å². The average Bonchev–Trinajstić information content (AvgIpc) is 3.38. The van der Waals surface area contributed by atoms with Crippen LogP contribution in [-0.4, -0.2) is 43.9 Å². The number of carbonyl (C=O) groups excluding carboxylic acids is 2. The average molecular weight is 472 g/mol. The van der Waals surface area contributed by atoms with Gasteiger partial charge in [0, 0.05) is 29.9 Å². The Hall–Kier alpha value is -3.21. The van der Waals surface area contributed by atoms with E-state index < -0.39 is 6.09 Å². The van der Waals surface area contributed by atoms with Crippen molar-refractivity contribution in [2.24, 2.45) is 0 Å². The van der Waals surface area contributed by atoms with Gasteiger partial charge in [0.05, 0.1) is 26.5 Å². The molecule has 32 heavy (non-hydrogen) atoms. The lowest BCUT2D eigenvalue weighted by molar-refractivity contribution is -0.118.